The number of carbonyl (C=O) groups excluding carboxylic acids is 1. The Bertz CT molecular complexity index is 849. The Hall–Kier alpha value is -2.09. The molecule has 30 heavy (non-hydrogen) atoms. The zero-order valence-corrected chi connectivity index (χ0v) is 19.8. The second-order valence-corrected chi connectivity index (χ2v) is 7.92. The van der Waals surface area contributed by atoms with Gasteiger partial charge in [0.15, 0.2) is 5.96 Å². The van der Waals surface area contributed by atoms with Crippen molar-refractivity contribution in [3.8, 4) is 0 Å². The number of anilines is 1. The predicted molar refractivity (Wildman–Crippen MR) is 133 cm³/mol. The average Bonchev–Trinajstić information content (AvgIpc) is 3.17. The quantitative estimate of drug-likeness (QED) is 0.349. The largest absolute Gasteiger partial charge is 0.343 e. The average molecular weight is 518 g/mol. The van der Waals surface area contributed by atoms with E-state index in [4.69, 9.17) is 4.99 Å². The van der Waals surface area contributed by atoms with Gasteiger partial charge in [-0.05, 0) is 48.9 Å². The molecule has 0 aliphatic carbocycles. The molecule has 2 saturated heterocycles. The van der Waals surface area contributed by atoms with Crippen LogP contribution in [0.5, 0.6) is 0 Å². The van der Waals surface area contributed by atoms with Crippen molar-refractivity contribution < 1.29 is 4.79 Å². The Labute approximate surface area is 196 Å². The Kier molecular flexibility index (Phi) is 8.54. The fourth-order valence-corrected chi connectivity index (χ4v) is 4.06. The summed E-state index contributed by atoms with van der Waals surface area (Å²) in [6.07, 6.45) is 5.40. The minimum atomic E-state index is 0. The molecular weight excluding hydrogens is 487 g/mol. The third kappa shape index (κ3) is 6.20. The van der Waals surface area contributed by atoms with Gasteiger partial charge in [-0.1, -0.05) is 42.5 Å². The molecule has 2 aliphatic heterocycles. The van der Waals surface area contributed by atoms with Crippen molar-refractivity contribution >= 4 is 41.5 Å². The smallest absolute Gasteiger partial charge is 0.222 e. The first-order valence-corrected chi connectivity index (χ1v) is 10.7. The lowest BCUT2D eigenvalue weighted by atomic mass is 10.1. The summed E-state index contributed by atoms with van der Waals surface area (Å²) in [5.74, 6) is 1.23. The summed E-state index contributed by atoms with van der Waals surface area (Å²) >= 11 is 0. The molecule has 2 fully saturated rings. The fraction of sp³-hybridized carbons (Fsp3) is 0.417. The highest BCUT2D eigenvalue weighted by atomic mass is 127. The van der Waals surface area contributed by atoms with Gasteiger partial charge in [-0.3, -0.25) is 4.79 Å². The van der Waals surface area contributed by atoms with E-state index < -0.39 is 0 Å². The van der Waals surface area contributed by atoms with Crippen LogP contribution in [0.3, 0.4) is 0 Å². The summed E-state index contributed by atoms with van der Waals surface area (Å²) in [5, 5.41) is 3.52. The third-order valence-corrected chi connectivity index (χ3v) is 5.63. The lowest BCUT2D eigenvalue weighted by Crippen LogP contribution is -2.40. The van der Waals surface area contributed by atoms with Crippen LogP contribution >= 0.6 is 24.0 Å². The molecule has 0 radical (unpaired) electrons. The van der Waals surface area contributed by atoms with Gasteiger partial charge in [0.25, 0.3) is 0 Å². The van der Waals surface area contributed by atoms with Crippen molar-refractivity contribution in [1.82, 2.24) is 9.80 Å². The standard InChI is InChI=1S/C24H30N4O.HI/c29-23-13-8-16-28(23)19-21-10-7-9-20(17-21)18-25-24(27-14-5-2-6-15-27)26-22-11-3-1-4-12-22;/h1,3-4,7,9-12,17H,2,5-6,8,13-16,18-19H2,(H,25,26);1H. The summed E-state index contributed by atoms with van der Waals surface area (Å²) in [6, 6.07) is 18.7. The van der Waals surface area contributed by atoms with Crippen LogP contribution in [0.2, 0.25) is 0 Å². The minimum absolute atomic E-state index is 0. The van der Waals surface area contributed by atoms with Crippen LogP contribution in [-0.2, 0) is 17.9 Å². The first kappa shape index (κ1) is 22.6. The van der Waals surface area contributed by atoms with E-state index in [1.54, 1.807) is 0 Å². The van der Waals surface area contributed by atoms with E-state index >= 15 is 0 Å². The molecular formula is C24H31IN4O. The number of guanidine groups is 1. The van der Waals surface area contributed by atoms with Gasteiger partial charge >= 0.3 is 0 Å². The molecule has 0 bridgehead atoms. The molecule has 0 unspecified atom stereocenters. The molecule has 6 heteroatoms. The third-order valence-electron chi connectivity index (χ3n) is 5.63. The maximum Gasteiger partial charge on any atom is 0.222 e. The van der Waals surface area contributed by atoms with Crippen LogP contribution in [-0.4, -0.2) is 41.3 Å². The Morgan fingerprint density at radius 2 is 1.67 bits per heavy atom. The lowest BCUT2D eigenvalue weighted by Gasteiger charge is -2.30. The second kappa shape index (κ2) is 11.3. The van der Waals surface area contributed by atoms with Gasteiger partial charge in [0.1, 0.15) is 0 Å². The van der Waals surface area contributed by atoms with Gasteiger partial charge < -0.3 is 15.1 Å². The maximum absolute atomic E-state index is 11.9. The summed E-state index contributed by atoms with van der Waals surface area (Å²) in [4.78, 5) is 21.2. The minimum Gasteiger partial charge on any atom is -0.343 e. The number of amides is 1. The summed E-state index contributed by atoms with van der Waals surface area (Å²) in [6.45, 7) is 4.32. The topological polar surface area (TPSA) is 47.9 Å². The van der Waals surface area contributed by atoms with Crippen LogP contribution in [0.25, 0.3) is 0 Å². The molecule has 160 valence electrons. The molecule has 2 aliphatic rings. The highest BCUT2D eigenvalue weighted by Gasteiger charge is 2.20. The number of hydrogen-bond acceptors (Lipinski definition) is 2. The summed E-state index contributed by atoms with van der Waals surface area (Å²) < 4.78 is 0. The van der Waals surface area contributed by atoms with E-state index in [1.165, 1.54) is 30.4 Å². The van der Waals surface area contributed by atoms with Gasteiger partial charge in [0, 0.05) is 38.3 Å². The number of likely N-dealkylation sites (tertiary alicyclic amines) is 2. The first-order chi connectivity index (χ1) is 14.3. The van der Waals surface area contributed by atoms with Crippen molar-refractivity contribution in [3.05, 3.63) is 65.7 Å². The molecule has 2 heterocycles. The highest BCUT2D eigenvalue weighted by Crippen LogP contribution is 2.17. The van der Waals surface area contributed by atoms with Crippen molar-refractivity contribution in [3.63, 3.8) is 0 Å². The van der Waals surface area contributed by atoms with Gasteiger partial charge in [-0.15, -0.1) is 24.0 Å². The maximum atomic E-state index is 11.9. The number of para-hydroxylation sites is 1. The molecule has 0 spiro atoms. The number of piperidine rings is 1. The Morgan fingerprint density at radius 3 is 2.40 bits per heavy atom. The number of carbonyl (C=O) groups is 1. The van der Waals surface area contributed by atoms with Crippen molar-refractivity contribution in [2.24, 2.45) is 4.99 Å². The molecule has 5 nitrogen and oxygen atoms in total. The fourth-order valence-electron chi connectivity index (χ4n) is 4.06. The molecule has 0 saturated carbocycles. The van der Waals surface area contributed by atoms with Gasteiger partial charge in [0.2, 0.25) is 5.91 Å². The van der Waals surface area contributed by atoms with Gasteiger partial charge in [-0.25, -0.2) is 4.99 Å². The number of hydrogen-bond donors (Lipinski definition) is 1. The number of nitrogens with one attached hydrogen (secondary N) is 1. The molecule has 4 rings (SSSR count). The Morgan fingerprint density at radius 1 is 0.900 bits per heavy atom. The molecule has 2 aromatic rings. The highest BCUT2D eigenvalue weighted by molar-refractivity contribution is 14.0. The van der Waals surface area contributed by atoms with Crippen molar-refractivity contribution in [1.29, 1.82) is 0 Å². The van der Waals surface area contributed by atoms with Crippen LogP contribution in [0, 0.1) is 0 Å². The Balaban J connectivity index is 0.00000256. The van der Waals surface area contributed by atoms with Crippen molar-refractivity contribution in [2.45, 2.75) is 45.2 Å². The molecule has 0 atom stereocenters. The van der Waals surface area contributed by atoms with E-state index in [0.717, 1.165) is 37.7 Å². The van der Waals surface area contributed by atoms with Crippen LogP contribution in [0.1, 0.15) is 43.2 Å². The number of rotatable bonds is 5. The van der Waals surface area contributed by atoms with Gasteiger partial charge in [-0.2, -0.15) is 0 Å². The number of benzene rings is 2. The summed E-state index contributed by atoms with van der Waals surface area (Å²) in [5.41, 5.74) is 3.43. The van der Waals surface area contributed by atoms with E-state index in [0.29, 0.717) is 19.5 Å². The molecule has 2 aromatic carbocycles. The van der Waals surface area contributed by atoms with Crippen LogP contribution < -0.4 is 5.32 Å². The number of halogens is 1. The van der Waals surface area contributed by atoms with Crippen LogP contribution in [0.4, 0.5) is 5.69 Å². The molecule has 0 aromatic heterocycles. The summed E-state index contributed by atoms with van der Waals surface area (Å²) in [7, 11) is 0. The zero-order valence-electron chi connectivity index (χ0n) is 17.4. The second-order valence-electron chi connectivity index (χ2n) is 7.92. The normalized spacial score (nSPS) is 17.1. The van der Waals surface area contributed by atoms with E-state index in [2.05, 4.69) is 46.6 Å². The first-order valence-electron chi connectivity index (χ1n) is 10.7. The predicted octanol–water partition coefficient (Wildman–Crippen LogP) is 4.88. The molecule has 1 N–H and O–H groups in total. The lowest BCUT2D eigenvalue weighted by molar-refractivity contribution is -0.128. The zero-order chi connectivity index (χ0) is 19.9. The van der Waals surface area contributed by atoms with E-state index in [1.807, 2.05) is 23.1 Å². The number of aliphatic imine (C=N–C) groups is 1. The van der Waals surface area contributed by atoms with Crippen molar-refractivity contribution in [2.75, 3.05) is 25.0 Å². The van der Waals surface area contributed by atoms with Crippen LogP contribution in [0.15, 0.2) is 59.6 Å². The monoisotopic (exact) mass is 518 g/mol. The van der Waals surface area contributed by atoms with E-state index in [-0.39, 0.29) is 29.9 Å². The number of nitrogens with zero attached hydrogens (tertiary/aromatic N) is 3. The SMILES string of the molecule is I.O=C1CCCN1Cc1cccc(CN=C(Nc2ccccc2)N2CCCCC2)c1. The molecule has 1 amide bonds. The van der Waals surface area contributed by atoms with E-state index in [9.17, 15) is 4.79 Å². The van der Waals surface area contributed by atoms with Gasteiger partial charge in [0.05, 0.1) is 6.54 Å².